The van der Waals surface area contributed by atoms with Gasteiger partial charge < -0.3 is 20.5 Å². The Kier molecular flexibility index (Phi) is 10.8. The molecule has 0 aliphatic carbocycles. The van der Waals surface area contributed by atoms with Gasteiger partial charge in [-0.15, -0.1) is 12.4 Å². The minimum Gasteiger partial charge on any atom is -0.379 e. The normalized spacial score (nSPS) is 11.6. The van der Waals surface area contributed by atoms with Gasteiger partial charge in [-0.2, -0.15) is 0 Å². The zero-order chi connectivity index (χ0) is 15.7. The number of ether oxygens (including phenoxy) is 2. The number of halogens is 1. The third-order valence-corrected chi connectivity index (χ3v) is 3.34. The first-order chi connectivity index (χ1) is 10.1. The minimum absolute atomic E-state index is 0. The van der Waals surface area contributed by atoms with Crippen molar-refractivity contribution in [3.8, 4) is 0 Å². The van der Waals surface area contributed by atoms with E-state index in [4.69, 9.17) is 15.2 Å². The highest BCUT2D eigenvalue weighted by atomic mass is 35.5. The van der Waals surface area contributed by atoms with E-state index in [2.05, 4.69) is 5.32 Å². The summed E-state index contributed by atoms with van der Waals surface area (Å²) in [6, 6.07) is 5.80. The van der Waals surface area contributed by atoms with Gasteiger partial charge in [0.2, 0.25) is 5.91 Å². The Balaban J connectivity index is 0.00000441. The average molecular weight is 331 g/mol. The van der Waals surface area contributed by atoms with E-state index < -0.39 is 0 Å². The molecular formula is C16H27ClN2O3. The van der Waals surface area contributed by atoms with Crippen LogP contribution in [0, 0.1) is 12.8 Å². The molecule has 0 fully saturated rings. The summed E-state index contributed by atoms with van der Waals surface area (Å²) in [5.41, 5.74) is 8.40. The van der Waals surface area contributed by atoms with Gasteiger partial charge in [0, 0.05) is 24.8 Å². The highest BCUT2D eigenvalue weighted by molar-refractivity contribution is 5.93. The molecule has 0 radical (unpaired) electrons. The molecule has 0 aromatic heterocycles. The molecule has 0 heterocycles. The van der Waals surface area contributed by atoms with Crippen LogP contribution in [0.1, 0.15) is 25.0 Å². The first kappa shape index (κ1) is 20.9. The van der Waals surface area contributed by atoms with Crippen LogP contribution in [-0.2, 0) is 20.9 Å². The summed E-state index contributed by atoms with van der Waals surface area (Å²) in [4.78, 5) is 11.9. The maximum absolute atomic E-state index is 11.9. The first-order valence-corrected chi connectivity index (χ1v) is 7.35. The van der Waals surface area contributed by atoms with E-state index >= 15 is 0 Å². The largest absolute Gasteiger partial charge is 0.379 e. The third-order valence-electron chi connectivity index (χ3n) is 3.34. The molecule has 5 nitrogen and oxygen atoms in total. The SMILES string of the molecule is CCOCCOCc1cccc(NC(=O)C(C)CN)c1C.Cl. The van der Waals surface area contributed by atoms with Crippen LogP contribution in [0.15, 0.2) is 18.2 Å². The number of hydrogen-bond donors (Lipinski definition) is 2. The Morgan fingerprint density at radius 1 is 1.32 bits per heavy atom. The van der Waals surface area contributed by atoms with E-state index in [0.29, 0.717) is 33.0 Å². The third kappa shape index (κ3) is 6.75. The lowest BCUT2D eigenvalue weighted by atomic mass is 10.1. The molecule has 22 heavy (non-hydrogen) atoms. The lowest BCUT2D eigenvalue weighted by Crippen LogP contribution is -2.27. The number of benzene rings is 1. The summed E-state index contributed by atoms with van der Waals surface area (Å²) in [6.45, 7) is 8.45. The number of rotatable bonds is 9. The van der Waals surface area contributed by atoms with Crippen molar-refractivity contribution >= 4 is 24.0 Å². The van der Waals surface area contributed by atoms with Crippen molar-refractivity contribution < 1.29 is 14.3 Å². The van der Waals surface area contributed by atoms with Crippen molar-refractivity contribution in [1.29, 1.82) is 0 Å². The second-order valence-corrected chi connectivity index (χ2v) is 4.97. The van der Waals surface area contributed by atoms with Gasteiger partial charge >= 0.3 is 0 Å². The number of nitrogens with two attached hydrogens (primary N) is 1. The fourth-order valence-corrected chi connectivity index (χ4v) is 1.78. The predicted molar refractivity (Wildman–Crippen MR) is 91.4 cm³/mol. The summed E-state index contributed by atoms with van der Waals surface area (Å²) >= 11 is 0. The molecule has 1 amide bonds. The Labute approximate surface area is 139 Å². The summed E-state index contributed by atoms with van der Waals surface area (Å²) in [5, 5.41) is 2.91. The van der Waals surface area contributed by atoms with Crippen molar-refractivity contribution in [1.82, 2.24) is 0 Å². The average Bonchev–Trinajstić information content (AvgIpc) is 2.49. The zero-order valence-electron chi connectivity index (χ0n) is 13.6. The molecule has 1 aromatic carbocycles. The second kappa shape index (κ2) is 11.4. The highest BCUT2D eigenvalue weighted by Crippen LogP contribution is 2.20. The Hall–Kier alpha value is -1.14. The van der Waals surface area contributed by atoms with E-state index in [1.54, 1.807) is 0 Å². The number of amides is 1. The lowest BCUT2D eigenvalue weighted by Gasteiger charge is -2.15. The van der Waals surface area contributed by atoms with Gasteiger partial charge in [-0.3, -0.25) is 4.79 Å². The van der Waals surface area contributed by atoms with Gasteiger partial charge in [-0.25, -0.2) is 0 Å². The minimum atomic E-state index is -0.199. The van der Waals surface area contributed by atoms with Gasteiger partial charge in [0.15, 0.2) is 0 Å². The fraction of sp³-hybridized carbons (Fsp3) is 0.562. The highest BCUT2D eigenvalue weighted by Gasteiger charge is 2.13. The van der Waals surface area contributed by atoms with Crippen LogP contribution in [-0.4, -0.2) is 32.3 Å². The molecule has 0 aliphatic rings. The van der Waals surface area contributed by atoms with E-state index in [0.717, 1.165) is 16.8 Å². The van der Waals surface area contributed by atoms with Gasteiger partial charge in [0.25, 0.3) is 0 Å². The summed E-state index contributed by atoms with van der Waals surface area (Å²) in [6.07, 6.45) is 0. The smallest absolute Gasteiger partial charge is 0.228 e. The molecule has 6 heteroatoms. The molecule has 0 saturated carbocycles. The number of nitrogens with one attached hydrogen (secondary N) is 1. The molecule has 0 bridgehead atoms. The van der Waals surface area contributed by atoms with Crippen LogP contribution in [0.4, 0.5) is 5.69 Å². The van der Waals surface area contributed by atoms with Crippen LogP contribution >= 0.6 is 12.4 Å². The molecule has 0 aliphatic heterocycles. The van der Waals surface area contributed by atoms with Crippen molar-refractivity contribution in [2.45, 2.75) is 27.4 Å². The van der Waals surface area contributed by atoms with Crippen LogP contribution in [0.2, 0.25) is 0 Å². The zero-order valence-corrected chi connectivity index (χ0v) is 14.4. The maximum atomic E-state index is 11.9. The first-order valence-electron chi connectivity index (χ1n) is 7.35. The van der Waals surface area contributed by atoms with Crippen molar-refractivity contribution in [2.75, 3.05) is 31.7 Å². The van der Waals surface area contributed by atoms with Gasteiger partial charge in [-0.1, -0.05) is 19.1 Å². The Bertz CT molecular complexity index is 455. The van der Waals surface area contributed by atoms with E-state index in [1.165, 1.54) is 0 Å². The Morgan fingerprint density at radius 3 is 2.64 bits per heavy atom. The number of anilines is 1. The molecule has 3 N–H and O–H groups in total. The molecule has 1 atom stereocenters. The quantitative estimate of drug-likeness (QED) is 0.682. The van der Waals surface area contributed by atoms with Crippen LogP contribution in [0.5, 0.6) is 0 Å². The van der Waals surface area contributed by atoms with Gasteiger partial charge in [-0.05, 0) is 31.0 Å². The summed E-state index contributed by atoms with van der Waals surface area (Å²) in [5.74, 6) is -0.259. The van der Waals surface area contributed by atoms with Gasteiger partial charge in [0.1, 0.15) is 0 Å². The van der Waals surface area contributed by atoms with E-state index in [1.807, 2.05) is 39.0 Å². The number of hydrogen-bond acceptors (Lipinski definition) is 4. The standard InChI is InChI=1S/C16H26N2O3.ClH/c1-4-20-8-9-21-11-14-6-5-7-15(13(14)3)18-16(19)12(2)10-17;/h5-7,12H,4,8-11,17H2,1-3H3,(H,18,19);1H. The van der Waals surface area contributed by atoms with Crippen LogP contribution in [0.3, 0.4) is 0 Å². The number of carbonyl (C=O) groups excluding carboxylic acids is 1. The molecular weight excluding hydrogens is 304 g/mol. The molecule has 126 valence electrons. The van der Waals surface area contributed by atoms with Crippen molar-refractivity contribution in [3.63, 3.8) is 0 Å². The fourth-order valence-electron chi connectivity index (χ4n) is 1.78. The molecule has 1 rings (SSSR count). The van der Waals surface area contributed by atoms with Crippen molar-refractivity contribution in [2.24, 2.45) is 11.7 Å². The maximum Gasteiger partial charge on any atom is 0.228 e. The summed E-state index contributed by atoms with van der Waals surface area (Å²) < 4.78 is 10.8. The Morgan fingerprint density at radius 2 is 2.00 bits per heavy atom. The van der Waals surface area contributed by atoms with E-state index in [-0.39, 0.29) is 24.2 Å². The second-order valence-electron chi connectivity index (χ2n) is 4.97. The van der Waals surface area contributed by atoms with Gasteiger partial charge in [0.05, 0.1) is 19.8 Å². The molecule has 0 spiro atoms. The predicted octanol–water partition coefficient (Wildman–Crippen LogP) is 2.50. The molecule has 0 saturated heterocycles. The van der Waals surface area contributed by atoms with Crippen LogP contribution < -0.4 is 11.1 Å². The lowest BCUT2D eigenvalue weighted by molar-refractivity contribution is -0.119. The molecule has 1 aromatic rings. The van der Waals surface area contributed by atoms with Crippen LogP contribution in [0.25, 0.3) is 0 Å². The topological polar surface area (TPSA) is 73.6 Å². The summed E-state index contributed by atoms with van der Waals surface area (Å²) in [7, 11) is 0. The van der Waals surface area contributed by atoms with Crippen molar-refractivity contribution in [3.05, 3.63) is 29.3 Å². The van der Waals surface area contributed by atoms with E-state index in [9.17, 15) is 4.79 Å². The number of carbonyl (C=O) groups is 1. The molecule has 1 unspecified atom stereocenters. The monoisotopic (exact) mass is 330 g/mol.